The second-order valence-corrected chi connectivity index (χ2v) is 6.84. The van der Waals surface area contributed by atoms with Gasteiger partial charge in [0.05, 0.1) is 3.57 Å². The van der Waals surface area contributed by atoms with Crippen molar-refractivity contribution in [1.29, 1.82) is 0 Å². The zero-order valence-corrected chi connectivity index (χ0v) is 16.2. The number of rotatable bonds is 4. The number of hydrogen-bond acceptors (Lipinski definition) is 4. The fourth-order valence-electron chi connectivity index (χ4n) is 2.21. The van der Waals surface area contributed by atoms with Crippen molar-refractivity contribution in [2.24, 2.45) is 7.05 Å². The number of alkyl halides is 3. The zero-order chi connectivity index (χ0) is 18.9. The van der Waals surface area contributed by atoms with Gasteiger partial charge in [-0.25, -0.2) is 9.97 Å². The molecule has 3 aromatic rings. The molecule has 0 N–H and O–H groups in total. The molecular weight excluding hydrogens is 484 g/mol. The highest BCUT2D eigenvalue weighted by Crippen LogP contribution is 2.30. The molecule has 0 unspecified atom stereocenters. The molecule has 3 rings (SSSR count). The molecule has 0 amide bonds. The highest BCUT2D eigenvalue weighted by Gasteiger charge is 2.34. The Morgan fingerprint density at radius 2 is 1.88 bits per heavy atom. The van der Waals surface area contributed by atoms with Gasteiger partial charge in [0.2, 0.25) is 11.2 Å². The summed E-state index contributed by atoms with van der Waals surface area (Å²) in [7, 11) is 1.52. The lowest BCUT2D eigenvalue weighted by Gasteiger charge is -2.08. The van der Waals surface area contributed by atoms with E-state index in [0.29, 0.717) is 11.4 Å². The minimum Gasteiger partial charge on any atom is -0.472 e. The maximum absolute atomic E-state index is 12.8. The Hall–Kier alpha value is -1.88. The Bertz CT molecular complexity index is 928. The van der Waals surface area contributed by atoms with Crippen molar-refractivity contribution in [3.8, 4) is 17.3 Å². The lowest BCUT2D eigenvalue weighted by molar-refractivity contribution is -0.140. The van der Waals surface area contributed by atoms with Crippen LogP contribution in [0, 0.1) is 3.57 Å². The summed E-state index contributed by atoms with van der Waals surface area (Å²) in [5.41, 5.74) is 0.480. The highest BCUT2D eigenvalue weighted by atomic mass is 127. The van der Waals surface area contributed by atoms with Crippen LogP contribution >= 0.6 is 34.2 Å². The van der Waals surface area contributed by atoms with Crippen molar-refractivity contribution in [3.63, 3.8) is 0 Å². The van der Waals surface area contributed by atoms with Crippen LogP contribution in [0.2, 0.25) is 5.28 Å². The Morgan fingerprint density at radius 3 is 2.50 bits per heavy atom. The molecule has 2 aromatic heterocycles. The van der Waals surface area contributed by atoms with Crippen molar-refractivity contribution in [2.75, 3.05) is 0 Å². The van der Waals surface area contributed by atoms with Gasteiger partial charge in [0.25, 0.3) is 0 Å². The molecule has 0 aliphatic carbocycles. The molecule has 0 atom stereocenters. The van der Waals surface area contributed by atoms with E-state index in [1.165, 1.54) is 11.6 Å². The van der Waals surface area contributed by atoms with Crippen LogP contribution < -0.4 is 4.74 Å². The van der Waals surface area contributed by atoms with Crippen molar-refractivity contribution in [1.82, 2.24) is 19.5 Å². The van der Waals surface area contributed by atoms with Gasteiger partial charge in [-0.2, -0.15) is 18.2 Å². The number of halogens is 5. The standard InChI is InChI=1S/C16H11ClF3IN4O/c1-25-7-12(16(18,19)20)23-13(25)10-4-2-9(3-5-10)8-26-14-11(21)6-22-15(17)24-14/h2-7H,8H2,1H3. The number of benzene rings is 1. The number of imidazole rings is 1. The van der Waals surface area contributed by atoms with Crippen LogP contribution in [-0.4, -0.2) is 19.5 Å². The van der Waals surface area contributed by atoms with Crippen molar-refractivity contribution < 1.29 is 17.9 Å². The number of hydrogen-bond donors (Lipinski definition) is 0. The van der Waals surface area contributed by atoms with Crippen LogP contribution in [0.15, 0.2) is 36.7 Å². The Kier molecular flexibility index (Phi) is 5.37. The first-order valence-electron chi connectivity index (χ1n) is 7.25. The summed E-state index contributed by atoms with van der Waals surface area (Å²) >= 11 is 7.77. The van der Waals surface area contributed by atoms with Crippen molar-refractivity contribution in [2.45, 2.75) is 12.8 Å². The molecule has 0 aliphatic rings. The van der Waals surface area contributed by atoms with Gasteiger partial charge in [0, 0.05) is 25.0 Å². The molecular formula is C16H11ClF3IN4O. The lowest BCUT2D eigenvalue weighted by Crippen LogP contribution is -2.04. The van der Waals surface area contributed by atoms with Crippen molar-refractivity contribution in [3.05, 3.63) is 56.8 Å². The van der Waals surface area contributed by atoms with Crippen LogP contribution in [0.5, 0.6) is 5.88 Å². The summed E-state index contributed by atoms with van der Waals surface area (Å²) < 4.78 is 46.0. The lowest BCUT2D eigenvalue weighted by atomic mass is 10.1. The van der Waals surface area contributed by atoms with Crippen LogP contribution in [-0.2, 0) is 19.8 Å². The second kappa shape index (κ2) is 7.39. The highest BCUT2D eigenvalue weighted by molar-refractivity contribution is 14.1. The van der Waals surface area contributed by atoms with E-state index in [-0.39, 0.29) is 17.7 Å². The third-order valence-corrected chi connectivity index (χ3v) is 4.36. The number of nitrogens with zero attached hydrogens (tertiary/aromatic N) is 4. The summed E-state index contributed by atoms with van der Waals surface area (Å²) in [6.45, 7) is 0.234. The molecule has 136 valence electrons. The van der Waals surface area contributed by atoms with Gasteiger partial charge in [-0.1, -0.05) is 24.3 Å². The van der Waals surface area contributed by atoms with Crippen LogP contribution in [0.25, 0.3) is 11.4 Å². The maximum atomic E-state index is 12.8. The van der Waals surface area contributed by atoms with E-state index >= 15 is 0 Å². The van der Waals surface area contributed by atoms with E-state index in [4.69, 9.17) is 16.3 Å². The monoisotopic (exact) mass is 494 g/mol. The Balaban J connectivity index is 1.75. The molecule has 0 bridgehead atoms. The predicted octanol–water partition coefficient (Wildman–Crippen LogP) is 4.73. The van der Waals surface area contributed by atoms with Gasteiger partial charge in [0.1, 0.15) is 12.4 Å². The predicted molar refractivity (Wildman–Crippen MR) is 97.7 cm³/mol. The Labute approximate surface area is 165 Å². The minimum absolute atomic E-state index is 0.0889. The zero-order valence-electron chi connectivity index (χ0n) is 13.3. The van der Waals surface area contributed by atoms with Gasteiger partial charge in [-0.15, -0.1) is 0 Å². The summed E-state index contributed by atoms with van der Waals surface area (Å²) in [5, 5.41) is 0.0889. The SMILES string of the molecule is Cn1cc(C(F)(F)F)nc1-c1ccc(COc2nc(Cl)ncc2I)cc1. The molecule has 1 aromatic carbocycles. The average molecular weight is 495 g/mol. The molecule has 0 saturated carbocycles. The molecule has 2 heterocycles. The van der Waals surface area contributed by atoms with E-state index in [1.807, 2.05) is 22.6 Å². The third-order valence-electron chi connectivity index (χ3n) is 3.44. The largest absolute Gasteiger partial charge is 0.472 e. The normalized spacial score (nSPS) is 11.6. The van der Waals surface area contributed by atoms with Crippen LogP contribution in [0.3, 0.4) is 0 Å². The molecule has 0 fully saturated rings. The third kappa shape index (κ3) is 4.26. The molecule has 0 radical (unpaired) electrons. The van der Waals surface area contributed by atoms with Gasteiger partial charge < -0.3 is 9.30 Å². The average Bonchev–Trinajstić information content (AvgIpc) is 2.98. The molecule has 26 heavy (non-hydrogen) atoms. The van der Waals surface area contributed by atoms with Gasteiger partial charge >= 0.3 is 6.18 Å². The van der Waals surface area contributed by atoms with E-state index in [9.17, 15) is 13.2 Å². The summed E-state index contributed by atoms with van der Waals surface area (Å²) in [6, 6.07) is 6.90. The molecule has 10 heteroatoms. The minimum atomic E-state index is -4.47. The number of aromatic nitrogens is 4. The smallest absolute Gasteiger partial charge is 0.434 e. The molecule has 0 aliphatic heterocycles. The Morgan fingerprint density at radius 1 is 1.19 bits per heavy atom. The van der Waals surface area contributed by atoms with Gasteiger partial charge in [0.15, 0.2) is 5.69 Å². The summed E-state index contributed by atoms with van der Waals surface area (Å²) in [6.07, 6.45) is -1.96. The topological polar surface area (TPSA) is 52.8 Å². The van der Waals surface area contributed by atoms with Gasteiger partial charge in [-0.05, 0) is 39.8 Å². The maximum Gasteiger partial charge on any atom is 0.434 e. The van der Waals surface area contributed by atoms with E-state index < -0.39 is 11.9 Å². The number of ether oxygens (including phenoxy) is 1. The molecule has 5 nitrogen and oxygen atoms in total. The van der Waals surface area contributed by atoms with Crippen LogP contribution in [0.4, 0.5) is 13.2 Å². The summed E-state index contributed by atoms with van der Waals surface area (Å²) in [5.74, 6) is 0.607. The van der Waals surface area contributed by atoms with Gasteiger partial charge in [-0.3, -0.25) is 0 Å². The first-order chi connectivity index (χ1) is 12.2. The summed E-state index contributed by atoms with van der Waals surface area (Å²) in [4.78, 5) is 11.5. The fourth-order valence-corrected chi connectivity index (χ4v) is 2.75. The van der Waals surface area contributed by atoms with E-state index in [1.54, 1.807) is 30.5 Å². The van der Waals surface area contributed by atoms with E-state index in [0.717, 1.165) is 15.3 Å². The van der Waals surface area contributed by atoms with Crippen LogP contribution in [0.1, 0.15) is 11.3 Å². The van der Waals surface area contributed by atoms with Crippen molar-refractivity contribution >= 4 is 34.2 Å². The molecule has 0 spiro atoms. The first-order valence-corrected chi connectivity index (χ1v) is 8.70. The first kappa shape index (κ1) is 18.9. The second-order valence-electron chi connectivity index (χ2n) is 5.34. The fraction of sp³-hybridized carbons (Fsp3) is 0.188. The number of aryl methyl sites for hydroxylation is 1. The quantitative estimate of drug-likeness (QED) is 0.389. The molecule has 0 saturated heterocycles. The van der Waals surface area contributed by atoms with E-state index in [2.05, 4.69) is 15.0 Å².